The van der Waals surface area contributed by atoms with E-state index in [-0.39, 0.29) is 17.9 Å². The zero-order chi connectivity index (χ0) is 38.5. The summed E-state index contributed by atoms with van der Waals surface area (Å²) in [5, 5.41) is 0. The first-order chi connectivity index (χ1) is 26.0. The van der Waals surface area contributed by atoms with E-state index in [4.69, 9.17) is 4.74 Å². The third kappa shape index (κ3) is 8.41. The molecule has 3 aromatic carbocycles. The molecule has 0 fully saturated rings. The Morgan fingerprint density at radius 2 is 1.52 bits per heavy atom. The van der Waals surface area contributed by atoms with Crippen molar-refractivity contribution >= 4 is 17.9 Å². The summed E-state index contributed by atoms with van der Waals surface area (Å²) in [5.41, 5.74) is 9.41. The van der Waals surface area contributed by atoms with Crippen LogP contribution in [-0.2, 0) is 39.5 Å². The summed E-state index contributed by atoms with van der Waals surface area (Å²) in [5.74, 6) is 0.502. The van der Waals surface area contributed by atoms with E-state index in [1.807, 2.05) is 80.3 Å². The van der Waals surface area contributed by atoms with Gasteiger partial charge in [-0.05, 0) is 112 Å². The van der Waals surface area contributed by atoms with Gasteiger partial charge < -0.3 is 28.9 Å². The highest BCUT2D eigenvalue weighted by Crippen LogP contribution is 2.36. The number of carbonyl (C=O) groups is 3. The summed E-state index contributed by atoms with van der Waals surface area (Å²) < 4.78 is 7.89. The number of unbranched alkanes of at least 4 members (excludes halogenated alkanes) is 2. The van der Waals surface area contributed by atoms with E-state index in [1.54, 1.807) is 4.90 Å². The Morgan fingerprint density at radius 3 is 2.19 bits per heavy atom. The van der Waals surface area contributed by atoms with Crippen molar-refractivity contribution < 1.29 is 19.1 Å². The first-order valence-corrected chi connectivity index (χ1v) is 19.7. The third-order valence-electron chi connectivity index (χ3n) is 11.1. The fourth-order valence-corrected chi connectivity index (χ4v) is 7.81. The Kier molecular flexibility index (Phi) is 12.3. The second kappa shape index (κ2) is 17.1. The summed E-state index contributed by atoms with van der Waals surface area (Å²) in [6, 6.07) is 22.1. The van der Waals surface area contributed by atoms with Gasteiger partial charge in [0, 0.05) is 74.9 Å². The van der Waals surface area contributed by atoms with E-state index in [2.05, 4.69) is 54.5 Å². The van der Waals surface area contributed by atoms with Crippen molar-refractivity contribution in [3.8, 4) is 17.0 Å². The van der Waals surface area contributed by atoms with Crippen LogP contribution in [0, 0.1) is 6.92 Å². The highest BCUT2D eigenvalue weighted by Gasteiger charge is 2.33. The summed E-state index contributed by atoms with van der Waals surface area (Å²) in [6.07, 6.45) is 4.97. The van der Waals surface area contributed by atoms with Crippen molar-refractivity contribution in [3.05, 3.63) is 111 Å². The summed E-state index contributed by atoms with van der Waals surface area (Å²) in [6.45, 7) is 12.0. The van der Waals surface area contributed by atoms with E-state index < -0.39 is 6.09 Å². The number of fused-ring (bicyclic) bond motifs is 2. The third-order valence-corrected chi connectivity index (χ3v) is 11.1. The molecule has 3 amide bonds. The highest BCUT2D eigenvalue weighted by molar-refractivity contribution is 6.03. The van der Waals surface area contributed by atoms with Crippen molar-refractivity contribution in [1.29, 1.82) is 0 Å². The molecule has 0 N–H and O–H groups in total. The van der Waals surface area contributed by atoms with Crippen molar-refractivity contribution in [2.45, 2.75) is 91.9 Å². The van der Waals surface area contributed by atoms with Crippen LogP contribution in [0.15, 0.2) is 66.7 Å². The minimum atomic E-state index is -0.406. The molecule has 3 heterocycles. The molecule has 1 aromatic heterocycles. The molecule has 0 unspecified atom stereocenters. The molecule has 1 atom stereocenters. The number of aromatic nitrogens is 1. The van der Waals surface area contributed by atoms with Crippen LogP contribution in [0.2, 0.25) is 0 Å². The van der Waals surface area contributed by atoms with Crippen LogP contribution in [0.5, 0.6) is 5.75 Å². The minimum Gasteiger partial charge on any atom is -0.410 e. The Labute approximate surface area is 321 Å². The quantitative estimate of drug-likeness (QED) is 0.147. The highest BCUT2D eigenvalue weighted by atomic mass is 16.6. The first kappa shape index (κ1) is 38.8. The van der Waals surface area contributed by atoms with Crippen LogP contribution in [0.25, 0.3) is 11.3 Å². The van der Waals surface area contributed by atoms with Gasteiger partial charge in [-0.1, -0.05) is 63.1 Å². The van der Waals surface area contributed by atoms with Gasteiger partial charge in [-0.2, -0.15) is 0 Å². The lowest BCUT2D eigenvalue weighted by Crippen LogP contribution is -2.43. The van der Waals surface area contributed by atoms with Gasteiger partial charge in [0.2, 0.25) is 0 Å². The van der Waals surface area contributed by atoms with Gasteiger partial charge in [-0.25, -0.2) is 4.79 Å². The van der Waals surface area contributed by atoms with Crippen molar-refractivity contribution in [1.82, 2.24) is 24.2 Å². The maximum absolute atomic E-state index is 14.9. The molecule has 286 valence electrons. The molecule has 54 heavy (non-hydrogen) atoms. The van der Waals surface area contributed by atoms with Crippen LogP contribution in [0.1, 0.15) is 101 Å². The number of hydrogen-bond donors (Lipinski definition) is 0. The maximum atomic E-state index is 14.9. The number of benzene rings is 3. The lowest BCUT2D eigenvalue weighted by molar-refractivity contribution is 0.0658. The fourth-order valence-electron chi connectivity index (χ4n) is 7.81. The molecule has 0 aliphatic carbocycles. The normalized spacial score (nSPS) is 15.2. The van der Waals surface area contributed by atoms with E-state index in [1.165, 1.54) is 5.56 Å². The predicted octanol–water partition coefficient (Wildman–Crippen LogP) is 8.25. The molecule has 9 heteroatoms. The van der Waals surface area contributed by atoms with Crippen molar-refractivity contribution in [3.63, 3.8) is 0 Å². The van der Waals surface area contributed by atoms with Gasteiger partial charge in [0.25, 0.3) is 11.8 Å². The topological polar surface area (TPSA) is 78.3 Å². The fraction of sp³-hybridized carbons (Fsp3) is 0.444. The average Bonchev–Trinajstić information content (AvgIpc) is 3.46. The summed E-state index contributed by atoms with van der Waals surface area (Å²) >= 11 is 0. The molecule has 0 bridgehead atoms. The predicted molar refractivity (Wildman–Crippen MR) is 215 cm³/mol. The van der Waals surface area contributed by atoms with E-state index in [0.29, 0.717) is 42.9 Å². The molecular weight excluding hydrogens is 675 g/mol. The first-order valence-electron chi connectivity index (χ1n) is 19.7. The molecular formula is C45H57N5O4. The number of nitrogens with zero attached hydrogens (tertiary/aromatic N) is 5. The molecule has 9 nitrogen and oxygen atoms in total. The van der Waals surface area contributed by atoms with E-state index in [0.717, 1.165) is 90.9 Å². The second-order valence-electron chi connectivity index (χ2n) is 15.4. The smallest absolute Gasteiger partial charge is 0.410 e. The van der Waals surface area contributed by atoms with Crippen molar-refractivity contribution in [2.75, 3.05) is 33.7 Å². The Bertz CT molecular complexity index is 1970. The van der Waals surface area contributed by atoms with Gasteiger partial charge in [-0.3, -0.25) is 9.59 Å². The van der Waals surface area contributed by atoms with E-state index in [9.17, 15) is 14.4 Å². The minimum absolute atomic E-state index is 0.00449. The zero-order valence-corrected chi connectivity index (χ0v) is 33.3. The van der Waals surface area contributed by atoms with Gasteiger partial charge in [0.1, 0.15) is 5.75 Å². The molecule has 0 radical (unpaired) electrons. The van der Waals surface area contributed by atoms with Gasteiger partial charge in [0.15, 0.2) is 0 Å². The average molecular weight is 732 g/mol. The molecule has 0 spiro atoms. The number of carbonyl (C=O) groups excluding carboxylic acids is 3. The molecule has 0 saturated heterocycles. The molecule has 6 rings (SSSR count). The SMILES string of the molecule is CCCCN(CCCC)C(=O)c1cc(-c2cc3c(cc2C(=O)N2Cc4ccccc4C[C@H]2C)CN(C(=O)Oc2ccc(CN(C)C)cc2)CC3)n(C)c1C. The number of amides is 3. The van der Waals surface area contributed by atoms with Crippen LogP contribution in [-0.4, -0.2) is 81.8 Å². The number of ether oxygens (including phenoxy) is 1. The summed E-state index contributed by atoms with van der Waals surface area (Å²) in [7, 11) is 6.03. The van der Waals surface area contributed by atoms with Gasteiger partial charge in [-0.15, -0.1) is 0 Å². The molecule has 4 aromatic rings. The molecule has 2 aliphatic heterocycles. The number of rotatable bonds is 12. The summed E-state index contributed by atoms with van der Waals surface area (Å²) in [4.78, 5) is 50.2. The zero-order valence-electron chi connectivity index (χ0n) is 33.3. The molecule has 0 saturated carbocycles. The lowest BCUT2D eigenvalue weighted by atomic mass is 9.90. The second-order valence-corrected chi connectivity index (χ2v) is 15.4. The van der Waals surface area contributed by atoms with Crippen LogP contribution >= 0.6 is 0 Å². The Hall–Kier alpha value is -4.89. The van der Waals surface area contributed by atoms with Crippen LogP contribution in [0.3, 0.4) is 0 Å². The van der Waals surface area contributed by atoms with Crippen LogP contribution in [0.4, 0.5) is 4.79 Å². The molecule has 2 aliphatic rings. The maximum Gasteiger partial charge on any atom is 0.415 e. The Balaban J connectivity index is 1.35. The monoisotopic (exact) mass is 731 g/mol. The van der Waals surface area contributed by atoms with Crippen molar-refractivity contribution in [2.24, 2.45) is 7.05 Å². The van der Waals surface area contributed by atoms with Gasteiger partial charge >= 0.3 is 6.09 Å². The number of hydrogen-bond acceptors (Lipinski definition) is 5. The van der Waals surface area contributed by atoms with Gasteiger partial charge in [0.05, 0.1) is 5.56 Å². The lowest BCUT2D eigenvalue weighted by Gasteiger charge is -2.36. The largest absolute Gasteiger partial charge is 0.415 e. The van der Waals surface area contributed by atoms with E-state index >= 15 is 0 Å². The standard InChI is InChI=1S/C45H57N5O4/c1-8-10-21-48(22-11-9-2)43(51)39-27-42(47(7)32(39)4)40-25-35-20-23-49(45(53)54-38-18-16-33(17-19-38)28-46(5)6)29-37(35)26-41(40)44(52)50-30-36-15-13-12-14-34(36)24-31(50)3/h12-19,25-27,31H,8-11,20-24,28-30H2,1-7H3/t31-/m1/s1. The Morgan fingerprint density at radius 1 is 0.833 bits per heavy atom. The van der Waals surface area contributed by atoms with Crippen LogP contribution < -0.4 is 4.74 Å².